The zero-order valence-electron chi connectivity index (χ0n) is 20.0. The molecule has 6 rings (SSSR count). The number of hydrogen-bond donors (Lipinski definition) is 3. The second-order valence-corrected chi connectivity index (χ2v) is 9.59. The van der Waals surface area contributed by atoms with Gasteiger partial charge in [0.25, 0.3) is 0 Å². The maximum absolute atomic E-state index is 9.68. The molecule has 0 radical (unpaired) electrons. The monoisotopic (exact) mass is 474 g/mol. The summed E-state index contributed by atoms with van der Waals surface area (Å²) < 4.78 is 5.34. The fourth-order valence-electron chi connectivity index (χ4n) is 4.54. The highest BCUT2D eigenvalue weighted by Crippen LogP contribution is 2.38. The van der Waals surface area contributed by atoms with E-state index in [1.807, 2.05) is 19.1 Å². The molecule has 2 aliphatic heterocycles. The van der Waals surface area contributed by atoms with Crippen LogP contribution in [0.3, 0.4) is 0 Å². The quantitative estimate of drug-likeness (QED) is 0.587. The van der Waals surface area contributed by atoms with E-state index in [1.165, 1.54) is 42.4 Å². The minimum absolute atomic E-state index is 0. The van der Waals surface area contributed by atoms with E-state index in [0.29, 0.717) is 17.1 Å². The molecular weight excluding hydrogens is 436 g/mol. The molecule has 2 heterocycles. The zero-order chi connectivity index (χ0) is 22.6. The molecule has 0 aromatic heterocycles. The van der Waals surface area contributed by atoms with E-state index < -0.39 is 0 Å². The highest BCUT2D eigenvalue weighted by Gasteiger charge is 2.37. The van der Waals surface area contributed by atoms with E-state index in [9.17, 15) is 10.2 Å². The van der Waals surface area contributed by atoms with Crippen LogP contribution < -0.4 is 5.32 Å². The number of rotatable bonds is 3. The smallest absolute Gasteiger partial charge is 0.119 e. The first-order valence-corrected chi connectivity index (χ1v) is 12.2. The molecule has 2 aromatic carbocycles. The molecule has 0 amide bonds. The van der Waals surface area contributed by atoms with Crippen LogP contribution in [0.1, 0.15) is 61.8 Å². The minimum Gasteiger partial charge on any atom is -0.508 e. The van der Waals surface area contributed by atoms with E-state index in [0.717, 1.165) is 57.2 Å². The van der Waals surface area contributed by atoms with Crippen LogP contribution in [-0.4, -0.2) is 46.5 Å². The van der Waals surface area contributed by atoms with Gasteiger partial charge in [0.1, 0.15) is 11.5 Å². The summed E-state index contributed by atoms with van der Waals surface area (Å²) >= 11 is 0. The van der Waals surface area contributed by atoms with Gasteiger partial charge in [-0.05, 0) is 93.3 Å². The minimum atomic E-state index is 0. The molecule has 5 nitrogen and oxygen atoms in total. The average molecular weight is 475 g/mol. The van der Waals surface area contributed by atoms with Crippen molar-refractivity contribution in [2.45, 2.75) is 77.1 Å². The van der Waals surface area contributed by atoms with Crippen molar-refractivity contribution in [1.29, 1.82) is 0 Å². The normalized spacial score (nSPS) is 19.9. The Labute approximate surface area is 204 Å². The summed E-state index contributed by atoms with van der Waals surface area (Å²) in [5.41, 5.74) is 5.14. The second-order valence-electron chi connectivity index (χ2n) is 9.59. The third-order valence-corrected chi connectivity index (χ3v) is 6.90. The number of aromatic hydroxyl groups is 2. The Morgan fingerprint density at radius 1 is 1.00 bits per heavy atom. The number of nitrogens with zero attached hydrogens (tertiary/aromatic N) is 1. The van der Waals surface area contributed by atoms with Crippen molar-refractivity contribution in [3.63, 3.8) is 0 Å². The van der Waals surface area contributed by atoms with Crippen molar-refractivity contribution in [2.75, 3.05) is 19.7 Å². The number of hydrogen-bond acceptors (Lipinski definition) is 5. The number of phenols is 2. The van der Waals surface area contributed by atoms with Crippen molar-refractivity contribution in [1.82, 2.24) is 10.2 Å². The van der Waals surface area contributed by atoms with Crippen LogP contribution in [-0.2, 0) is 30.7 Å². The van der Waals surface area contributed by atoms with Gasteiger partial charge in [0.15, 0.2) is 0 Å². The standard InChI is InChI=1S/C12H15NO.C9H11NO.C6H12O.ClH/c14-12-3-1-2-9-8-13(10-4-5-10)7-6-11(9)12;11-9-3-1-2-7-6-10-5-4-8(7)9;1-3-7-6(2)4-5-6;/h1-3,10,14H,4-8H2;1-3,10-11H,4-6H2;3-5H2,1-2H3;1H. The lowest BCUT2D eigenvalue weighted by molar-refractivity contribution is 0.0564. The summed E-state index contributed by atoms with van der Waals surface area (Å²) in [6.07, 6.45) is 7.23. The molecule has 2 aliphatic carbocycles. The molecule has 0 bridgehead atoms. The first kappa shape index (κ1) is 25.8. The van der Waals surface area contributed by atoms with Crippen LogP contribution in [0, 0.1) is 0 Å². The Morgan fingerprint density at radius 3 is 2.18 bits per heavy atom. The molecule has 2 fully saturated rings. The van der Waals surface area contributed by atoms with Crippen molar-refractivity contribution >= 4 is 12.4 Å². The Balaban J connectivity index is 0.000000145. The van der Waals surface area contributed by atoms with Gasteiger partial charge in [-0.2, -0.15) is 0 Å². The predicted octanol–water partition coefficient (Wildman–Crippen LogP) is 4.95. The molecule has 182 valence electrons. The molecule has 2 saturated carbocycles. The van der Waals surface area contributed by atoms with Gasteiger partial charge in [0.2, 0.25) is 0 Å². The van der Waals surface area contributed by atoms with Gasteiger partial charge < -0.3 is 20.3 Å². The third kappa shape index (κ3) is 7.10. The molecule has 33 heavy (non-hydrogen) atoms. The number of fused-ring (bicyclic) bond motifs is 2. The van der Waals surface area contributed by atoms with Crippen LogP contribution in [0.5, 0.6) is 11.5 Å². The van der Waals surface area contributed by atoms with Crippen molar-refractivity contribution < 1.29 is 14.9 Å². The molecule has 0 spiro atoms. The Bertz CT molecular complexity index is 912. The Kier molecular flexibility index (Phi) is 9.05. The highest BCUT2D eigenvalue weighted by molar-refractivity contribution is 5.85. The van der Waals surface area contributed by atoms with Crippen LogP contribution in [0.25, 0.3) is 0 Å². The average Bonchev–Trinajstić information content (AvgIpc) is 3.73. The summed E-state index contributed by atoms with van der Waals surface area (Å²) in [5.74, 6) is 0.932. The van der Waals surface area contributed by atoms with Gasteiger partial charge in [0.05, 0.1) is 5.60 Å². The molecule has 6 heteroatoms. The zero-order valence-corrected chi connectivity index (χ0v) is 20.8. The lowest BCUT2D eigenvalue weighted by Crippen LogP contribution is -2.32. The molecule has 3 N–H and O–H groups in total. The van der Waals surface area contributed by atoms with Gasteiger partial charge in [-0.1, -0.05) is 24.3 Å². The maximum atomic E-state index is 9.68. The molecular formula is C27H39ClN2O3. The van der Waals surface area contributed by atoms with Crippen molar-refractivity contribution in [2.24, 2.45) is 0 Å². The number of phenolic OH excluding ortho intramolecular Hbond substituents is 2. The summed E-state index contributed by atoms with van der Waals surface area (Å²) in [6.45, 7) is 9.11. The summed E-state index contributed by atoms with van der Waals surface area (Å²) in [4.78, 5) is 2.54. The van der Waals surface area contributed by atoms with Crippen molar-refractivity contribution in [3.8, 4) is 11.5 Å². The molecule has 2 aromatic rings. The van der Waals surface area contributed by atoms with Gasteiger partial charge in [0, 0.05) is 32.3 Å². The molecule has 0 atom stereocenters. The van der Waals surface area contributed by atoms with E-state index in [1.54, 1.807) is 12.1 Å². The van der Waals surface area contributed by atoms with Crippen LogP contribution >= 0.6 is 12.4 Å². The Hall–Kier alpha value is -1.79. The van der Waals surface area contributed by atoms with Gasteiger partial charge >= 0.3 is 0 Å². The second kappa shape index (κ2) is 11.6. The van der Waals surface area contributed by atoms with Crippen LogP contribution in [0.15, 0.2) is 36.4 Å². The summed E-state index contributed by atoms with van der Waals surface area (Å²) in [5, 5.41) is 22.4. The third-order valence-electron chi connectivity index (χ3n) is 6.90. The van der Waals surface area contributed by atoms with E-state index >= 15 is 0 Å². The number of nitrogens with one attached hydrogen (secondary N) is 1. The first-order valence-electron chi connectivity index (χ1n) is 12.2. The van der Waals surface area contributed by atoms with Crippen molar-refractivity contribution in [3.05, 3.63) is 58.7 Å². The Morgan fingerprint density at radius 2 is 1.64 bits per heavy atom. The maximum Gasteiger partial charge on any atom is 0.119 e. The SMILES string of the molecule is CCOC1(C)CC1.Cl.Oc1cccc2c1CCN(C1CC1)C2.Oc1cccc2c1CCNC2. The van der Waals surface area contributed by atoms with E-state index in [-0.39, 0.29) is 12.4 Å². The van der Waals surface area contributed by atoms with Gasteiger partial charge in [-0.15, -0.1) is 12.4 Å². The lowest BCUT2D eigenvalue weighted by atomic mass is 9.99. The predicted molar refractivity (Wildman–Crippen MR) is 135 cm³/mol. The summed E-state index contributed by atoms with van der Waals surface area (Å²) in [6, 6.07) is 12.4. The topological polar surface area (TPSA) is 65.0 Å². The fraction of sp³-hybridized carbons (Fsp3) is 0.556. The number of halogens is 1. The number of benzene rings is 2. The van der Waals surface area contributed by atoms with Crippen LogP contribution in [0.4, 0.5) is 0 Å². The molecule has 0 unspecified atom stereocenters. The van der Waals surface area contributed by atoms with E-state index in [4.69, 9.17) is 4.74 Å². The lowest BCUT2D eigenvalue weighted by Gasteiger charge is -2.28. The number of ether oxygens (including phenoxy) is 1. The van der Waals surface area contributed by atoms with E-state index in [2.05, 4.69) is 29.3 Å². The fourth-order valence-corrected chi connectivity index (χ4v) is 4.54. The van der Waals surface area contributed by atoms with Crippen LogP contribution in [0.2, 0.25) is 0 Å². The van der Waals surface area contributed by atoms with Gasteiger partial charge in [-0.3, -0.25) is 4.90 Å². The summed E-state index contributed by atoms with van der Waals surface area (Å²) in [7, 11) is 0. The largest absolute Gasteiger partial charge is 0.508 e. The molecule has 0 saturated heterocycles. The highest BCUT2D eigenvalue weighted by atomic mass is 35.5. The van der Waals surface area contributed by atoms with Gasteiger partial charge in [-0.25, -0.2) is 0 Å². The molecule has 4 aliphatic rings. The first-order chi connectivity index (χ1) is 15.5.